The number of ether oxygens (including phenoxy) is 1. The summed E-state index contributed by atoms with van der Waals surface area (Å²) in [6.45, 7) is 0.744. The molecule has 0 saturated heterocycles. The fourth-order valence-electron chi connectivity index (χ4n) is 2.67. The van der Waals surface area contributed by atoms with E-state index in [0.717, 1.165) is 24.6 Å². The first-order chi connectivity index (χ1) is 9.92. The molecule has 0 radical (unpaired) electrons. The lowest BCUT2D eigenvalue weighted by molar-refractivity contribution is 0.274. The standard InChI is InChI=1S/C16H14N2OS/c1-2-4-14-11(3-1)13(6-9-19-14)18-16-12-7-10-20-15(12)5-8-17-16/h1-5,7-8,10,13H,6,9H2,(H,17,18). The molecular weight excluding hydrogens is 268 g/mol. The molecule has 100 valence electrons. The van der Waals surface area contributed by atoms with Gasteiger partial charge in [-0.3, -0.25) is 0 Å². The lowest BCUT2D eigenvalue weighted by atomic mass is 10.0. The van der Waals surface area contributed by atoms with E-state index >= 15 is 0 Å². The normalized spacial score (nSPS) is 17.5. The number of hydrogen-bond donors (Lipinski definition) is 1. The van der Waals surface area contributed by atoms with Crippen molar-refractivity contribution in [2.45, 2.75) is 12.5 Å². The van der Waals surface area contributed by atoms with Crippen LogP contribution in [-0.4, -0.2) is 11.6 Å². The molecule has 1 atom stereocenters. The molecule has 3 aromatic rings. The molecule has 0 fully saturated rings. The molecule has 1 aliphatic heterocycles. The zero-order chi connectivity index (χ0) is 13.4. The highest BCUT2D eigenvalue weighted by atomic mass is 32.1. The number of benzene rings is 1. The van der Waals surface area contributed by atoms with E-state index < -0.39 is 0 Å². The molecule has 4 heteroatoms. The van der Waals surface area contributed by atoms with Gasteiger partial charge in [0.2, 0.25) is 0 Å². The van der Waals surface area contributed by atoms with E-state index in [2.05, 4.69) is 39.9 Å². The third kappa shape index (κ3) is 1.93. The van der Waals surface area contributed by atoms with Gasteiger partial charge in [0.25, 0.3) is 0 Å². The van der Waals surface area contributed by atoms with Crippen LogP contribution in [0.2, 0.25) is 0 Å². The van der Waals surface area contributed by atoms with Gasteiger partial charge >= 0.3 is 0 Å². The van der Waals surface area contributed by atoms with Crippen molar-refractivity contribution in [2.75, 3.05) is 11.9 Å². The van der Waals surface area contributed by atoms with Crippen molar-refractivity contribution >= 4 is 27.2 Å². The third-order valence-electron chi connectivity index (χ3n) is 3.65. The Morgan fingerprint density at radius 2 is 2.15 bits per heavy atom. The molecule has 3 heterocycles. The maximum absolute atomic E-state index is 5.71. The maximum Gasteiger partial charge on any atom is 0.135 e. The highest BCUT2D eigenvalue weighted by Gasteiger charge is 2.21. The molecule has 0 aliphatic carbocycles. The van der Waals surface area contributed by atoms with Gasteiger partial charge in [-0.15, -0.1) is 11.3 Å². The molecule has 4 rings (SSSR count). The molecule has 0 amide bonds. The average molecular weight is 282 g/mol. The summed E-state index contributed by atoms with van der Waals surface area (Å²) < 4.78 is 6.97. The lowest BCUT2D eigenvalue weighted by Gasteiger charge is -2.27. The molecule has 2 aromatic heterocycles. The van der Waals surface area contributed by atoms with E-state index in [9.17, 15) is 0 Å². The van der Waals surface area contributed by atoms with Gasteiger partial charge in [0.05, 0.1) is 12.6 Å². The van der Waals surface area contributed by atoms with Gasteiger partial charge in [0, 0.05) is 28.3 Å². The van der Waals surface area contributed by atoms with Gasteiger partial charge in [0.1, 0.15) is 11.6 Å². The van der Waals surface area contributed by atoms with E-state index in [0.29, 0.717) is 0 Å². The van der Waals surface area contributed by atoms with Gasteiger partial charge in [-0.1, -0.05) is 18.2 Å². The number of thiophene rings is 1. The first-order valence-electron chi connectivity index (χ1n) is 6.72. The number of nitrogens with one attached hydrogen (secondary N) is 1. The fourth-order valence-corrected chi connectivity index (χ4v) is 3.45. The van der Waals surface area contributed by atoms with Crippen molar-refractivity contribution in [3.05, 3.63) is 53.5 Å². The van der Waals surface area contributed by atoms with Crippen LogP contribution in [0.4, 0.5) is 5.82 Å². The molecule has 20 heavy (non-hydrogen) atoms. The van der Waals surface area contributed by atoms with Crippen molar-refractivity contribution < 1.29 is 4.74 Å². The fraction of sp³-hybridized carbons (Fsp3) is 0.188. The molecular formula is C16H14N2OS. The summed E-state index contributed by atoms with van der Waals surface area (Å²) in [7, 11) is 0. The van der Waals surface area contributed by atoms with Gasteiger partial charge in [-0.25, -0.2) is 4.98 Å². The van der Waals surface area contributed by atoms with E-state index in [-0.39, 0.29) is 6.04 Å². The second-order valence-corrected chi connectivity index (χ2v) is 5.81. The molecule has 3 nitrogen and oxygen atoms in total. The molecule has 0 bridgehead atoms. The maximum atomic E-state index is 5.71. The number of fused-ring (bicyclic) bond motifs is 2. The SMILES string of the molecule is c1ccc2c(c1)OCCC2Nc1nccc2sccc12. The quantitative estimate of drug-likeness (QED) is 0.763. The Hall–Kier alpha value is -2.07. The van der Waals surface area contributed by atoms with Gasteiger partial charge in [-0.05, 0) is 23.6 Å². The number of rotatable bonds is 2. The summed E-state index contributed by atoms with van der Waals surface area (Å²) >= 11 is 1.74. The van der Waals surface area contributed by atoms with Gasteiger partial charge in [-0.2, -0.15) is 0 Å². The summed E-state index contributed by atoms with van der Waals surface area (Å²) in [4.78, 5) is 4.50. The first kappa shape index (κ1) is 11.7. The number of para-hydroxylation sites is 1. The van der Waals surface area contributed by atoms with Crippen LogP contribution in [0.15, 0.2) is 48.0 Å². The second kappa shape index (κ2) is 4.80. The Balaban J connectivity index is 1.72. The average Bonchev–Trinajstić information content (AvgIpc) is 2.97. The molecule has 1 unspecified atom stereocenters. The smallest absolute Gasteiger partial charge is 0.135 e. The van der Waals surface area contributed by atoms with Crippen LogP contribution in [0.1, 0.15) is 18.0 Å². The predicted molar refractivity (Wildman–Crippen MR) is 82.5 cm³/mol. The van der Waals surface area contributed by atoms with Crippen molar-refractivity contribution in [1.82, 2.24) is 4.98 Å². The van der Waals surface area contributed by atoms with Crippen LogP contribution < -0.4 is 10.1 Å². The Bertz CT molecular complexity index is 753. The largest absolute Gasteiger partial charge is 0.493 e. The minimum absolute atomic E-state index is 0.262. The number of anilines is 1. The van der Waals surface area contributed by atoms with Crippen LogP contribution >= 0.6 is 11.3 Å². The van der Waals surface area contributed by atoms with Crippen LogP contribution in [0.25, 0.3) is 10.1 Å². The van der Waals surface area contributed by atoms with Crippen molar-refractivity contribution in [3.63, 3.8) is 0 Å². The monoisotopic (exact) mass is 282 g/mol. The topological polar surface area (TPSA) is 34.1 Å². The highest BCUT2D eigenvalue weighted by Crippen LogP contribution is 2.35. The van der Waals surface area contributed by atoms with E-state index in [1.54, 1.807) is 11.3 Å². The Morgan fingerprint density at radius 3 is 3.15 bits per heavy atom. The van der Waals surface area contributed by atoms with Gasteiger partial charge in [0.15, 0.2) is 0 Å². The number of hydrogen-bond acceptors (Lipinski definition) is 4. The zero-order valence-electron chi connectivity index (χ0n) is 10.9. The Kier molecular flexibility index (Phi) is 2.81. The molecule has 1 N–H and O–H groups in total. The van der Waals surface area contributed by atoms with E-state index in [1.165, 1.54) is 15.6 Å². The summed E-state index contributed by atoms with van der Waals surface area (Å²) in [5.74, 6) is 1.94. The Morgan fingerprint density at radius 1 is 1.20 bits per heavy atom. The lowest BCUT2D eigenvalue weighted by Crippen LogP contribution is -2.20. The third-order valence-corrected chi connectivity index (χ3v) is 4.53. The molecule has 1 aliphatic rings. The number of aromatic nitrogens is 1. The second-order valence-electron chi connectivity index (χ2n) is 4.86. The summed E-state index contributed by atoms with van der Waals surface area (Å²) in [5, 5.41) is 6.88. The van der Waals surface area contributed by atoms with Crippen LogP contribution in [0.5, 0.6) is 5.75 Å². The molecule has 0 saturated carbocycles. The van der Waals surface area contributed by atoms with Gasteiger partial charge < -0.3 is 10.1 Å². The van der Waals surface area contributed by atoms with Crippen LogP contribution in [0.3, 0.4) is 0 Å². The Labute approximate surface area is 121 Å². The van der Waals surface area contributed by atoms with Crippen LogP contribution in [0, 0.1) is 0 Å². The van der Waals surface area contributed by atoms with Crippen LogP contribution in [-0.2, 0) is 0 Å². The van der Waals surface area contributed by atoms with E-state index in [4.69, 9.17) is 4.74 Å². The summed E-state index contributed by atoms with van der Waals surface area (Å²) in [6.07, 6.45) is 2.83. The predicted octanol–water partition coefficient (Wildman–Crippen LogP) is 4.23. The highest BCUT2D eigenvalue weighted by molar-refractivity contribution is 7.17. The zero-order valence-corrected chi connectivity index (χ0v) is 11.7. The van der Waals surface area contributed by atoms with E-state index in [1.807, 2.05) is 18.3 Å². The molecule has 0 spiro atoms. The minimum Gasteiger partial charge on any atom is -0.493 e. The van der Waals surface area contributed by atoms with Crippen molar-refractivity contribution in [3.8, 4) is 5.75 Å². The van der Waals surface area contributed by atoms with Crippen molar-refractivity contribution in [2.24, 2.45) is 0 Å². The minimum atomic E-state index is 0.262. The number of nitrogens with zero attached hydrogens (tertiary/aromatic N) is 1. The first-order valence-corrected chi connectivity index (χ1v) is 7.60. The van der Waals surface area contributed by atoms with Crippen molar-refractivity contribution in [1.29, 1.82) is 0 Å². The summed E-state index contributed by atoms with van der Waals surface area (Å²) in [6, 6.07) is 12.7. The molecule has 1 aromatic carbocycles. The summed E-state index contributed by atoms with van der Waals surface area (Å²) in [5.41, 5.74) is 1.22. The number of pyridine rings is 1.